The lowest BCUT2D eigenvalue weighted by Crippen LogP contribution is -2.45. The van der Waals surface area contributed by atoms with Crippen LogP contribution >= 0.6 is 11.8 Å². The van der Waals surface area contributed by atoms with E-state index in [4.69, 9.17) is 18.3 Å². The van der Waals surface area contributed by atoms with Crippen molar-refractivity contribution < 1.29 is 27.9 Å². The molecule has 0 aromatic carbocycles. The van der Waals surface area contributed by atoms with E-state index in [1.54, 1.807) is 11.8 Å². The number of unbranched alkanes of at least 4 members (excludes halogenated alkanes) is 3. The van der Waals surface area contributed by atoms with Gasteiger partial charge in [0.05, 0.1) is 19.3 Å². The third kappa shape index (κ3) is 14.4. The average molecular weight is 685 g/mol. The van der Waals surface area contributed by atoms with Gasteiger partial charge in [-0.2, -0.15) is 0 Å². The van der Waals surface area contributed by atoms with Gasteiger partial charge in [0.1, 0.15) is 5.76 Å². The van der Waals surface area contributed by atoms with Crippen LogP contribution in [0.3, 0.4) is 0 Å². The second-order valence-electron chi connectivity index (χ2n) is 16.0. The van der Waals surface area contributed by atoms with E-state index in [2.05, 4.69) is 93.7 Å². The van der Waals surface area contributed by atoms with Gasteiger partial charge in [0.2, 0.25) is 0 Å². The lowest BCUT2D eigenvalue weighted by Gasteiger charge is -2.40. The van der Waals surface area contributed by atoms with Gasteiger partial charge >= 0.3 is 11.9 Å². The van der Waals surface area contributed by atoms with E-state index in [0.29, 0.717) is 18.8 Å². The maximum absolute atomic E-state index is 12.3. The monoisotopic (exact) mass is 684 g/mol. The van der Waals surface area contributed by atoms with Crippen LogP contribution in [0.1, 0.15) is 120 Å². The highest BCUT2D eigenvalue weighted by Gasteiger charge is 2.45. The Kier molecular flexibility index (Phi) is 17.4. The highest BCUT2D eigenvalue weighted by Crippen LogP contribution is 2.47. The zero-order valence-corrected chi connectivity index (χ0v) is 34.2. The van der Waals surface area contributed by atoms with Crippen molar-refractivity contribution in [1.29, 1.82) is 0 Å². The number of methoxy groups -OCH3 is 1. The Bertz CT molecular complexity index is 992. The van der Waals surface area contributed by atoms with E-state index in [-0.39, 0.29) is 40.1 Å². The van der Waals surface area contributed by atoms with Crippen LogP contribution in [0.15, 0.2) is 22.8 Å². The highest BCUT2D eigenvalue weighted by molar-refractivity contribution is 8.03. The zero-order chi connectivity index (χ0) is 34.6. The zero-order valence-electron chi connectivity index (χ0n) is 31.4. The van der Waals surface area contributed by atoms with Crippen molar-refractivity contribution in [3.05, 3.63) is 22.8 Å². The lowest BCUT2D eigenvalue weighted by molar-refractivity contribution is -0.140. The maximum Gasteiger partial charge on any atom is 0.307 e. The molecule has 0 saturated carbocycles. The molecule has 0 aliphatic heterocycles. The van der Waals surface area contributed by atoms with Gasteiger partial charge in [0, 0.05) is 30.6 Å². The summed E-state index contributed by atoms with van der Waals surface area (Å²) in [5, 5.41) is 0.172. The molecule has 0 radical (unpaired) electrons. The molecular formula is C36H68O6SSi2. The summed E-state index contributed by atoms with van der Waals surface area (Å²) in [6.45, 7) is 29.1. The van der Waals surface area contributed by atoms with Gasteiger partial charge in [-0.05, 0) is 67.2 Å². The van der Waals surface area contributed by atoms with E-state index < -0.39 is 16.6 Å². The van der Waals surface area contributed by atoms with Crippen LogP contribution in [0.4, 0.5) is 0 Å². The molecule has 0 N–H and O–H groups in total. The number of hydrogen-bond donors (Lipinski definition) is 0. The Balaban J connectivity index is 3.45. The second-order valence-corrected chi connectivity index (χ2v) is 26.7. The van der Waals surface area contributed by atoms with Gasteiger partial charge in [-0.1, -0.05) is 93.2 Å². The van der Waals surface area contributed by atoms with E-state index >= 15 is 0 Å². The molecule has 1 aliphatic rings. The number of ether oxygens (including phenoxy) is 2. The van der Waals surface area contributed by atoms with Crippen LogP contribution in [0.25, 0.3) is 0 Å². The Hall–Kier alpha value is -0.876. The molecule has 45 heavy (non-hydrogen) atoms. The Morgan fingerprint density at radius 2 is 1.60 bits per heavy atom. The van der Waals surface area contributed by atoms with Crippen LogP contribution in [0.5, 0.6) is 0 Å². The first-order valence-corrected chi connectivity index (χ1v) is 24.1. The van der Waals surface area contributed by atoms with Crippen LogP contribution in [-0.4, -0.2) is 53.6 Å². The van der Waals surface area contributed by atoms with Crippen molar-refractivity contribution in [2.24, 2.45) is 11.8 Å². The molecule has 1 aliphatic carbocycles. The van der Waals surface area contributed by atoms with Crippen LogP contribution in [-0.2, 0) is 27.9 Å². The van der Waals surface area contributed by atoms with Gasteiger partial charge in [0.15, 0.2) is 16.6 Å². The summed E-state index contributed by atoms with van der Waals surface area (Å²) in [5.41, 5.74) is 0. The summed E-state index contributed by atoms with van der Waals surface area (Å²) >= 11 is 1.78. The fraction of sp³-hybridized carbons (Fsp3) is 0.833. The minimum atomic E-state index is -2.11. The van der Waals surface area contributed by atoms with E-state index in [1.165, 1.54) is 33.3 Å². The number of carbonyl (C=O) groups is 2. The standard InChI is InChI=1S/C36H68O6SSi2/c1-15-16-20-27(2)25-29(41-44(11,12)35(4,5)6)22-23-30-31(42-45(13,14)36(7,8)9)26-32(40-28(3)37)34(30)43-24-19-17-18-21-33(38)39-10/h22-23,27,29-31H,15-21,24-26H2,1-14H3/t27-,29-,30+,31-/m1/s1. The van der Waals surface area contributed by atoms with Crippen LogP contribution < -0.4 is 0 Å². The Morgan fingerprint density at radius 1 is 0.978 bits per heavy atom. The molecule has 0 heterocycles. The summed E-state index contributed by atoms with van der Waals surface area (Å²) in [6, 6.07) is 0. The molecule has 1 rings (SSSR count). The molecule has 0 aromatic rings. The third-order valence-electron chi connectivity index (χ3n) is 9.86. The predicted molar refractivity (Wildman–Crippen MR) is 196 cm³/mol. The number of thioether (sulfide) groups is 1. The number of esters is 2. The van der Waals surface area contributed by atoms with Gasteiger partial charge in [-0.25, -0.2) is 0 Å². The summed E-state index contributed by atoms with van der Waals surface area (Å²) in [7, 11) is -2.69. The van der Waals surface area contributed by atoms with Crippen molar-refractivity contribution in [3.8, 4) is 0 Å². The number of hydrogen-bond acceptors (Lipinski definition) is 7. The minimum absolute atomic E-state index is 0.00925. The fourth-order valence-electron chi connectivity index (χ4n) is 4.95. The highest BCUT2D eigenvalue weighted by atomic mass is 32.2. The largest absolute Gasteiger partial charge is 0.469 e. The van der Waals surface area contributed by atoms with Gasteiger partial charge in [0.25, 0.3) is 0 Å². The molecule has 0 unspecified atom stereocenters. The predicted octanol–water partition coefficient (Wildman–Crippen LogP) is 10.8. The molecule has 9 heteroatoms. The number of rotatable bonds is 19. The van der Waals surface area contributed by atoms with Crippen molar-refractivity contribution in [1.82, 2.24) is 0 Å². The first kappa shape index (κ1) is 42.1. The summed E-state index contributed by atoms with van der Waals surface area (Å²) in [5.74, 6) is 1.74. The lowest BCUT2D eigenvalue weighted by atomic mass is 9.96. The Labute approximate surface area is 283 Å². The van der Waals surface area contributed by atoms with E-state index in [1.807, 2.05) is 0 Å². The molecule has 262 valence electrons. The maximum atomic E-state index is 12.3. The molecular weight excluding hydrogens is 617 g/mol. The summed E-state index contributed by atoms with van der Waals surface area (Å²) < 4.78 is 24.8. The van der Waals surface area contributed by atoms with Crippen LogP contribution in [0, 0.1) is 11.8 Å². The molecule has 0 spiro atoms. The first-order valence-electron chi connectivity index (χ1n) is 17.3. The van der Waals surface area contributed by atoms with Gasteiger partial charge < -0.3 is 18.3 Å². The first-order chi connectivity index (χ1) is 20.6. The quantitative estimate of drug-likeness (QED) is 0.0580. The van der Waals surface area contributed by atoms with Crippen molar-refractivity contribution in [2.45, 2.75) is 169 Å². The number of carbonyl (C=O) groups excluding carboxylic acids is 2. The minimum Gasteiger partial charge on any atom is -0.469 e. The summed E-state index contributed by atoms with van der Waals surface area (Å²) in [4.78, 5) is 24.9. The van der Waals surface area contributed by atoms with Gasteiger partial charge in [-0.15, -0.1) is 11.8 Å². The molecule has 0 aromatic heterocycles. The molecule has 6 nitrogen and oxygen atoms in total. The smallest absolute Gasteiger partial charge is 0.307 e. The SMILES string of the molecule is CCCC[C@@H](C)C[C@@H](C=C[C@@H]1C(SCCCCCC(=O)OC)=C(OC(C)=O)C[C@H]1O[Si](C)(C)C(C)(C)C)O[Si](C)(C)C(C)(C)C. The van der Waals surface area contributed by atoms with Crippen molar-refractivity contribution >= 4 is 40.3 Å². The molecule has 4 atom stereocenters. The Morgan fingerprint density at radius 3 is 2.13 bits per heavy atom. The van der Waals surface area contributed by atoms with E-state index in [0.717, 1.165) is 42.1 Å². The molecule has 0 bridgehead atoms. The van der Waals surface area contributed by atoms with Crippen LogP contribution in [0.2, 0.25) is 36.3 Å². The van der Waals surface area contributed by atoms with Crippen molar-refractivity contribution in [3.63, 3.8) is 0 Å². The van der Waals surface area contributed by atoms with E-state index in [9.17, 15) is 9.59 Å². The van der Waals surface area contributed by atoms with Gasteiger partial charge in [-0.3, -0.25) is 9.59 Å². The second kappa shape index (κ2) is 18.6. The third-order valence-corrected chi connectivity index (χ3v) is 20.2. The summed E-state index contributed by atoms with van der Waals surface area (Å²) in [6.07, 6.45) is 13.0. The van der Waals surface area contributed by atoms with Crippen molar-refractivity contribution in [2.75, 3.05) is 12.9 Å². The fourth-order valence-corrected chi connectivity index (χ4v) is 8.86. The topological polar surface area (TPSA) is 71.1 Å². The molecule has 0 amide bonds. The average Bonchev–Trinajstić information content (AvgIpc) is 3.20. The normalized spacial score (nSPS) is 19.7. The molecule has 0 fully saturated rings. The molecule has 0 saturated heterocycles.